The highest BCUT2D eigenvalue weighted by Gasteiger charge is 2.15. The van der Waals surface area contributed by atoms with Gasteiger partial charge in [-0.05, 0) is 37.6 Å². The van der Waals surface area contributed by atoms with Crippen molar-refractivity contribution in [1.82, 2.24) is 20.0 Å². The molecule has 0 unspecified atom stereocenters. The number of pyridine rings is 2. The first-order valence-electron chi connectivity index (χ1n) is 8.76. The smallest absolute Gasteiger partial charge is 0.260 e. The van der Waals surface area contributed by atoms with Gasteiger partial charge in [0.1, 0.15) is 11.4 Å². The molecule has 0 aliphatic carbocycles. The van der Waals surface area contributed by atoms with Crippen LogP contribution in [0.3, 0.4) is 0 Å². The number of carbonyl (C=O) groups is 1. The average Bonchev–Trinajstić information content (AvgIpc) is 3.15. The van der Waals surface area contributed by atoms with E-state index in [0.29, 0.717) is 23.7 Å². The van der Waals surface area contributed by atoms with Gasteiger partial charge in [0, 0.05) is 36.8 Å². The normalized spacial score (nSPS) is 10.6. The van der Waals surface area contributed by atoms with Crippen LogP contribution in [0.15, 0.2) is 47.2 Å². The molecule has 3 aromatic heterocycles. The van der Waals surface area contributed by atoms with Crippen molar-refractivity contribution in [1.29, 1.82) is 0 Å². The molecule has 0 radical (unpaired) electrons. The third-order valence-electron chi connectivity index (χ3n) is 4.09. The summed E-state index contributed by atoms with van der Waals surface area (Å²) in [7, 11) is 1.70. The van der Waals surface area contributed by atoms with Crippen LogP contribution in [0.2, 0.25) is 0 Å². The highest BCUT2D eigenvalue weighted by Crippen LogP contribution is 2.19. The minimum Gasteiger partial charge on any atom is -0.482 e. The van der Waals surface area contributed by atoms with Crippen molar-refractivity contribution in [3.8, 4) is 17.0 Å². The van der Waals surface area contributed by atoms with Gasteiger partial charge in [-0.3, -0.25) is 14.8 Å². The van der Waals surface area contributed by atoms with Gasteiger partial charge >= 0.3 is 0 Å². The SMILES string of the molecule is CCc1nc(C)ccc1OCC(=O)N(C)Cc1cc(-c2cccnc2)no1. The van der Waals surface area contributed by atoms with E-state index < -0.39 is 0 Å². The Morgan fingerprint density at radius 3 is 2.89 bits per heavy atom. The first kappa shape index (κ1) is 18.6. The van der Waals surface area contributed by atoms with Crippen LogP contribution < -0.4 is 4.74 Å². The number of nitrogens with zero attached hydrogens (tertiary/aromatic N) is 4. The fourth-order valence-electron chi connectivity index (χ4n) is 2.59. The van der Waals surface area contributed by atoms with Gasteiger partial charge in [0.15, 0.2) is 12.4 Å². The molecule has 3 rings (SSSR count). The monoisotopic (exact) mass is 366 g/mol. The molecule has 0 aliphatic heterocycles. The molecule has 0 aliphatic rings. The Hall–Kier alpha value is -3.22. The summed E-state index contributed by atoms with van der Waals surface area (Å²) >= 11 is 0. The topological polar surface area (TPSA) is 81.4 Å². The average molecular weight is 366 g/mol. The number of aryl methyl sites for hydroxylation is 2. The van der Waals surface area contributed by atoms with Crippen molar-refractivity contribution in [3.63, 3.8) is 0 Å². The van der Waals surface area contributed by atoms with Crippen LogP contribution in [0, 0.1) is 6.92 Å². The number of aromatic nitrogens is 3. The van der Waals surface area contributed by atoms with E-state index in [4.69, 9.17) is 9.26 Å². The molecular weight excluding hydrogens is 344 g/mol. The Labute approximate surface area is 158 Å². The lowest BCUT2D eigenvalue weighted by Gasteiger charge is -2.16. The minimum atomic E-state index is -0.156. The molecule has 1 amide bonds. The molecule has 0 bridgehead atoms. The molecule has 0 saturated carbocycles. The Bertz CT molecular complexity index is 909. The second-order valence-corrected chi connectivity index (χ2v) is 6.21. The zero-order valence-corrected chi connectivity index (χ0v) is 15.7. The molecule has 0 aromatic carbocycles. The highest BCUT2D eigenvalue weighted by atomic mass is 16.5. The molecular formula is C20H22N4O3. The number of hydrogen-bond donors (Lipinski definition) is 0. The Kier molecular flexibility index (Phi) is 5.80. The second-order valence-electron chi connectivity index (χ2n) is 6.21. The fraction of sp³-hybridized carbons (Fsp3) is 0.300. The van der Waals surface area contributed by atoms with E-state index in [1.54, 1.807) is 30.4 Å². The zero-order valence-electron chi connectivity index (χ0n) is 15.7. The molecule has 140 valence electrons. The zero-order chi connectivity index (χ0) is 19.2. The molecule has 7 nitrogen and oxygen atoms in total. The van der Waals surface area contributed by atoms with Gasteiger partial charge in [-0.25, -0.2) is 0 Å². The molecule has 27 heavy (non-hydrogen) atoms. The van der Waals surface area contributed by atoms with Gasteiger partial charge in [-0.1, -0.05) is 12.1 Å². The van der Waals surface area contributed by atoms with Crippen LogP contribution >= 0.6 is 0 Å². The van der Waals surface area contributed by atoms with Gasteiger partial charge in [-0.15, -0.1) is 0 Å². The summed E-state index contributed by atoms with van der Waals surface area (Å²) in [6.07, 6.45) is 4.16. The summed E-state index contributed by atoms with van der Waals surface area (Å²) in [4.78, 5) is 22.4. The van der Waals surface area contributed by atoms with Crippen molar-refractivity contribution >= 4 is 5.91 Å². The maximum Gasteiger partial charge on any atom is 0.260 e. The number of amides is 1. The summed E-state index contributed by atoms with van der Waals surface area (Å²) in [5, 5.41) is 4.03. The lowest BCUT2D eigenvalue weighted by molar-refractivity contribution is -0.132. The quantitative estimate of drug-likeness (QED) is 0.639. The summed E-state index contributed by atoms with van der Waals surface area (Å²) in [5.41, 5.74) is 3.33. The standard InChI is InChI=1S/C20H22N4O3/c1-4-17-19(8-7-14(2)22-17)26-13-20(25)24(3)12-16-10-18(23-27-16)15-6-5-9-21-11-15/h5-11H,4,12-13H2,1-3H3. The number of likely N-dealkylation sites (N-methyl/N-ethyl adjacent to an activating group) is 1. The van der Waals surface area contributed by atoms with Gasteiger partial charge in [0.2, 0.25) is 0 Å². The fourth-order valence-corrected chi connectivity index (χ4v) is 2.59. The van der Waals surface area contributed by atoms with Crippen LogP contribution in [0.1, 0.15) is 24.1 Å². The van der Waals surface area contributed by atoms with Crippen molar-refractivity contribution in [2.45, 2.75) is 26.8 Å². The Morgan fingerprint density at radius 2 is 2.15 bits per heavy atom. The maximum atomic E-state index is 12.4. The summed E-state index contributed by atoms with van der Waals surface area (Å²) in [5.74, 6) is 1.08. The maximum absolute atomic E-state index is 12.4. The van der Waals surface area contributed by atoms with E-state index in [2.05, 4.69) is 15.1 Å². The summed E-state index contributed by atoms with van der Waals surface area (Å²) in [6.45, 7) is 4.19. The lowest BCUT2D eigenvalue weighted by Crippen LogP contribution is -2.31. The van der Waals surface area contributed by atoms with Gasteiger partial charge in [-0.2, -0.15) is 0 Å². The predicted octanol–water partition coefficient (Wildman–Crippen LogP) is 3.04. The number of hydrogen-bond acceptors (Lipinski definition) is 6. The molecule has 0 atom stereocenters. The molecule has 3 heterocycles. The van der Waals surface area contributed by atoms with Crippen LogP contribution in [0.25, 0.3) is 11.3 Å². The molecule has 0 saturated heterocycles. The third-order valence-corrected chi connectivity index (χ3v) is 4.09. The Balaban J connectivity index is 1.58. The number of rotatable bonds is 7. The largest absolute Gasteiger partial charge is 0.482 e. The minimum absolute atomic E-state index is 0.0577. The van der Waals surface area contributed by atoms with Crippen molar-refractivity contribution in [3.05, 3.63) is 59.9 Å². The van der Waals surface area contributed by atoms with Crippen molar-refractivity contribution < 1.29 is 14.1 Å². The summed E-state index contributed by atoms with van der Waals surface area (Å²) < 4.78 is 11.0. The molecule has 0 N–H and O–H groups in total. The van der Waals surface area contributed by atoms with E-state index >= 15 is 0 Å². The first-order chi connectivity index (χ1) is 13.1. The van der Waals surface area contributed by atoms with Crippen molar-refractivity contribution in [2.24, 2.45) is 0 Å². The van der Waals surface area contributed by atoms with Crippen molar-refractivity contribution in [2.75, 3.05) is 13.7 Å². The number of carbonyl (C=O) groups excluding carboxylic acids is 1. The van der Waals surface area contributed by atoms with E-state index in [9.17, 15) is 4.79 Å². The first-order valence-corrected chi connectivity index (χ1v) is 8.76. The van der Waals surface area contributed by atoms with E-state index in [0.717, 1.165) is 23.4 Å². The molecule has 3 aromatic rings. The predicted molar refractivity (Wildman–Crippen MR) is 100 cm³/mol. The van der Waals surface area contributed by atoms with Gasteiger partial charge < -0.3 is 14.2 Å². The van der Waals surface area contributed by atoms with Gasteiger partial charge in [0.25, 0.3) is 5.91 Å². The van der Waals surface area contributed by atoms with Gasteiger partial charge in [0.05, 0.1) is 12.2 Å². The molecule has 0 spiro atoms. The third kappa shape index (κ3) is 4.69. The highest BCUT2D eigenvalue weighted by molar-refractivity contribution is 5.77. The van der Waals surface area contributed by atoms with Crippen LogP contribution in [-0.2, 0) is 17.8 Å². The molecule has 7 heteroatoms. The summed E-state index contributed by atoms with van der Waals surface area (Å²) in [6, 6.07) is 9.27. The number of ether oxygens (including phenoxy) is 1. The molecule has 0 fully saturated rings. The second kappa shape index (κ2) is 8.44. The van der Waals surface area contributed by atoms with E-state index in [1.807, 2.05) is 38.1 Å². The lowest BCUT2D eigenvalue weighted by atomic mass is 10.2. The van der Waals surface area contributed by atoms with Crippen LogP contribution in [0.5, 0.6) is 5.75 Å². The van der Waals surface area contributed by atoms with E-state index in [1.165, 1.54) is 0 Å². The van der Waals surface area contributed by atoms with Crippen LogP contribution in [-0.4, -0.2) is 39.6 Å². The Morgan fingerprint density at radius 1 is 1.30 bits per heavy atom. The van der Waals surface area contributed by atoms with E-state index in [-0.39, 0.29) is 12.5 Å². The van der Waals surface area contributed by atoms with Crippen LogP contribution in [0.4, 0.5) is 0 Å².